The van der Waals surface area contributed by atoms with Crippen molar-refractivity contribution in [2.24, 2.45) is 107 Å². The normalized spacial score (nSPS) is 40.2. The molecule has 9 rings (SSSR count). The Hall–Kier alpha value is 1.46. The van der Waals surface area contributed by atoms with Crippen molar-refractivity contribution in [2.75, 3.05) is 0 Å². The molecular weight excluding hydrogens is 1090 g/mol. The average Bonchev–Trinajstić information content (AvgIpc) is 3.33. The van der Waals surface area contributed by atoms with Crippen LogP contribution in [0, 0.1) is 107 Å². The predicted molar refractivity (Wildman–Crippen MR) is 355 cm³/mol. The van der Waals surface area contributed by atoms with Crippen LogP contribution >= 0.6 is 48.0 Å². The molecule has 0 atom stereocenters. The van der Waals surface area contributed by atoms with Crippen molar-refractivity contribution in [1.29, 1.82) is 0 Å². The summed E-state index contributed by atoms with van der Waals surface area (Å²) >= 11 is 0. The van der Waals surface area contributed by atoms with Crippen molar-refractivity contribution >= 4 is 48.0 Å². The molecule has 9 fully saturated rings. The Kier molecular flexibility index (Phi) is 38.7. The Morgan fingerprint density at radius 1 is 0.167 bits per heavy atom. The van der Waals surface area contributed by atoms with Gasteiger partial charge < -0.3 is 0 Å². The average molecular weight is 1240 g/mol. The number of rotatable bonds is 12. The summed E-state index contributed by atoms with van der Waals surface area (Å²) in [6.07, 6.45) is 65.0. The van der Waals surface area contributed by atoms with E-state index in [1.54, 1.807) is 167 Å². The maximum Gasteiger partial charge on any atom is 0 e. The summed E-state index contributed by atoms with van der Waals surface area (Å²) in [5, 5.41) is 0. The Labute approximate surface area is 496 Å². The van der Waals surface area contributed by atoms with Crippen molar-refractivity contribution < 1.29 is 4.28 Å². The minimum absolute atomic E-state index is 0. The molecule has 72 heavy (non-hydrogen) atoms. The zero-order valence-corrected chi connectivity index (χ0v) is 51.6. The van der Waals surface area contributed by atoms with Gasteiger partial charge in [0.1, 0.15) is 0 Å². The van der Waals surface area contributed by atoms with E-state index in [-0.39, 0.29) is 81.9 Å². The molecular formula is C70H144I2. The molecule has 0 heterocycles. The van der Waals surface area contributed by atoms with Crippen LogP contribution in [-0.4, -0.2) is 0 Å². The van der Waals surface area contributed by atoms with Crippen molar-refractivity contribution in [1.82, 2.24) is 0 Å². The van der Waals surface area contributed by atoms with Gasteiger partial charge in [-0.05, 0) is 145 Å². The molecule has 0 radical (unpaired) electrons. The van der Waals surface area contributed by atoms with Gasteiger partial charge in [-0.2, -0.15) is 0 Å². The highest BCUT2D eigenvalue weighted by Crippen LogP contribution is 2.45. The number of hydrogen-bond acceptors (Lipinski definition) is 0. The largest absolute Gasteiger partial charge is 0.107 e. The van der Waals surface area contributed by atoms with Crippen LogP contribution in [-0.2, 0) is 0 Å². The molecule has 0 bridgehead atoms. The molecule has 9 aliphatic rings. The Morgan fingerprint density at radius 3 is 0.319 bits per heavy atom. The first kappa shape index (κ1) is 71.5. The van der Waals surface area contributed by atoms with Gasteiger partial charge in [0, 0.05) is 4.28 Å². The molecule has 9 saturated carbocycles. The van der Waals surface area contributed by atoms with Crippen LogP contribution in [0.1, 0.15) is 345 Å². The second-order valence-electron chi connectivity index (χ2n) is 28.8. The van der Waals surface area contributed by atoms with E-state index in [1.165, 1.54) is 103 Å². The fourth-order valence-electron chi connectivity index (χ4n) is 17.3. The molecule has 9 aliphatic carbocycles. The SMILES string of the molecule is C.C.C.C.CC1CCC(CC2CCC(C)CC2)CC1.CC1CCC(CC2CCC(CC3CCC(C)CC3)CC2)CC1.CC1CCC(CC2CCC(CC3CCC(CC4CCC(C)CC4)CC3)CC2)CC1.I.I.[HH].[HH].[HH]. The van der Waals surface area contributed by atoms with Crippen molar-refractivity contribution in [3.63, 3.8) is 0 Å². The van der Waals surface area contributed by atoms with Gasteiger partial charge in [0.05, 0.1) is 0 Å². The monoisotopic (exact) mass is 1240 g/mol. The van der Waals surface area contributed by atoms with E-state index in [0.717, 1.165) is 107 Å². The van der Waals surface area contributed by atoms with Gasteiger partial charge in [0.25, 0.3) is 0 Å². The van der Waals surface area contributed by atoms with Crippen LogP contribution in [0.25, 0.3) is 0 Å². The highest BCUT2D eigenvalue weighted by molar-refractivity contribution is 14.0. The Balaban J connectivity index is -0.00000102. The van der Waals surface area contributed by atoms with Gasteiger partial charge in [-0.15, -0.1) is 48.0 Å². The second-order valence-corrected chi connectivity index (χ2v) is 28.8. The van der Waals surface area contributed by atoms with Crippen molar-refractivity contribution in [3.8, 4) is 0 Å². The summed E-state index contributed by atoms with van der Waals surface area (Å²) in [7, 11) is 0. The lowest BCUT2D eigenvalue weighted by Crippen LogP contribution is -2.24. The van der Waals surface area contributed by atoms with E-state index >= 15 is 0 Å². The van der Waals surface area contributed by atoms with Gasteiger partial charge >= 0.3 is 0 Å². The summed E-state index contributed by atoms with van der Waals surface area (Å²) < 4.78 is 0. The molecule has 0 amide bonds. The van der Waals surface area contributed by atoms with Crippen LogP contribution in [0.5, 0.6) is 0 Å². The van der Waals surface area contributed by atoms with E-state index < -0.39 is 0 Å². The van der Waals surface area contributed by atoms with Gasteiger partial charge in [-0.1, -0.05) is 302 Å². The fourth-order valence-corrected chi connectivity index (χ4v) is 17.3. The van der Waals surface area contributed by atoms with Gasteiger partial charge in [0.15, 0.2) is 0 Å². The van der Waals surface area contributed by atoms with Gasteiger partial charge in [0.2, 0.25) is 0 Å². The third kappa shape index (κ3) is 26.6. The van der Waals surface area contributed by atoms with E-state index in [0.29, 0.717) is 0 Å². The van der Waals surface area contributed by atoms with Crippen LogP contribution in [0.4, 0.5) is 0 Å². The lowest BCUT2D eigenvalue weighted by atomic mass is 9.69. The first-order chi connectivity index (χ1) is 32.1. The van der Waals surface area contributed by atoms with E-state index in [1.807, 2.05) is 0 Å². The van der Waals surface area contributed by atoms with Crippen LogP contribution in [0.15, 0.2) is 0 Å². The van der Waals surface area contributed by atoms with Gasteiger partial charge in [-0.3, -0.25) is 0 Å². The molecule has 0 aliphatic heterocycles. The van der Waals surface area contributed by atoms with Crippen LogP contribution in [0.3, 0.4) is 0 Å². The summed E-state index contributed by atoms with van der Waals surface area (Å²) in [6, 6.07) is 0. The summed E-state index contributed by atoms with van der Waals surface area (Å²) in [5.41, 5.74) is 0. The van der Waals surface area contributed by atoms with Crippen LogP contribution in [0.2, 0.25) is 0 Å². The molecule has 2 heteroatoms. The second kappa shape index (κ2) is 39.0. The maximum absolute atomic E-state index is 2.46. The Morgan fingerprint density at radius 2 is 0.236 bits per heavy atom. The first-order valence-corrected chi connectivity index (χ1v) is 32.1. The first-order valence-electron chi connectivity index (χ1n) is 32.1. The molecule has 0 spiro atoms. The molecule has 0 saturated heterocycles. The van der Waals surface area contributed by atoms with Crippen molar-refractivity contribution in [3.05, 3.63) is 0 Å². The highest BCUT2D eigenvalue weighted by atomic mass is 127. The highest BCUT2D eigenvalue weighted by Gasteiger charge is 2.32. The van der Waals surface area contributed by atoms with E-state index in [4.69, 9.17) is 0 Å². The minimum Gasteiger partial charge on any atom is -0.107 e. The maximum atomic E-state index is 2.46. The van der Waals surface area contributed by atoms with E-state index in [2.05, 4.69) is 41.5 Å². The molecule has 0 unspecified atom stereocenters. The van der Waals surface area contributed by atoms with Gasteiger partial charge in [-0.25, -0.2) is 0 Å². The number of halogens is 2. The molecule has 0 nitrogen and oxygen atoms in total. The third-order valence-corrected chi connectivity index (χ3v) is 22.7. The quantitative estimate of drug-likeness (QED) is 0.171. The lowest BCUT2D eigenvalue weighted by molar-refractivity contribution is 0.154. The lowest BCUT2D eigenvalue weighted by Gasteiger charge is -2.37. The molecule has 0 aromatic carbocycles. The topological polar surface area (TPSA) is 0 Å². The summed E-state index contributed by atoms with van der Waals surface area (Å²) in [6.45, 7) is 14.7. The molecule has 0 N–H and O–H groups in total. The zero-order valence-electron chi connectivity index (χ0n) is 46.9. The summed E-state index contributed by atoms with van der Waals surface area (Å²) in [4.78, 5) is 0. The number of hydrogen-bond donors (Lipinski definition) is 0. The molecule has 0 aromatic rings. The summed E-state index contributed by atoms with van der Waals surface area (Å²) in [5.74, 6) is 19.3. The molecule has 438 valence electrons. The zero-order chi connectivity index (χ0) is 46.1. The van der Waals surface area contributed by atoms with Crippen LogP contribution < -0.4 is 0 Å². The minimum atomic E-state index is 0. The standard InChI is InChI=1S/C29H52.C22H40.C15H28.4CH4.2HI.3H2/c1-22-3-7-24(8-4-22)19-26-11-15-28(16-12-26)21-29-17-13-27(14-18-29)20-25-9-5-23(2)6-10-25;1-17-3-7-19(8-4-17)15-21-11-13-22(14-12-21)16-20-9-5-18(2)6-10-20;1-12-3-7-14(8-4-12)11-15-9-5-13(2)6-10-15;;;;;;;;;/h22-29H,3-21H2,1-2H3;17-22H,3-16H2,1-2H3;12-15H,3-11H2,1-2H3;4*1H4;5*1H. The fraction of sp³-hybridized carbons (Fsp3) is 1.00. The predicted octanol–water partition coefficient (Wildman–Crippen LogP) is 26.2. The van der Waals surface area contributed by atoms with Crippen molar-refractivity contribution in [2.45, 2.75) is 341 Å². The Bertz CT molecular complexity index is 1130. The smallest absolute Gasteiger partial charge is 0 e. The van der Waals surface area contributed by atoms with E-state index in [9.17, 15) is 0 Å². The molecule has 0 aromatic heterocycles. The third-order valence-electron chi connectivity index (χ3n) is 22.7.